The Labute approximate surface area is 129 Å². The molecule has 0 radical (unpaired) electrons. The van der Waals surface area contributed by atoms with Crippen molar-refractivity contribution in [2.75, 3.05) is 0 Å². The summed E-state index contributed by atoms with van der Waals surface area (Å²) in [5.74, 6) is 1.77. The van der Waals surface area contributed by atoms with Crippen molar-refractivity contribution in [1.29, 1.82) is 0 Å². The molecule has 0 saturated carbocycles. The Bertz CT molecular complexity index is 45.1. The molecule has 0 aliphatic heterocycles. The third-order valence-electron chi connectivity index (χ3n) is 1.63. The summed E-state index contributed by atoms with van der Waals surface area (Å²) in [7, 11) is 0. The molecule has 0 rings (SSSR count). The van der Waals surface area contributed by atoms with Crippen LogP contribution in [-0.4, -0.2) is 0 Å². The maximum Gasteiger partial charge on any atom is -0.0474 e. The molecule has 0 nitrogen and oxygen atoms in total. The fraction of sp³-hybridized carbons (Fsp3) is 1.00. The van der Waals surface area contributed by atoms with Crippen LogP contribution in [0, 0.1) is 11.8 Å². The van der Waals surface area contributed by atoms with Gasteiger partial charge < -0.3 is 0 Å². The largest absolute Gasteiger partial charge is 0.0776 e. The number of hydrogen-bond acceptors (Lipinski definition) is 0. The highest BCUT2D eigenvalue weighted by Gasteiger charge is 1.80. The van der Waals surface area contributed by atoms with E-state index in [1.807, 2.05) is 27.7 Å². The van der Waals surface area contributed by atoms with E-state index in [0.717, 1.165) is 11.8 Å². The quantitative estimate of drug-likeness (QED) is 0.474. The molecule has 0 amide bonds. The Morgan fingerprint density at radius 3 is 0.579 bits per heavy atom. The molecule has 0 aliphatic rings. The van der Waals surface area contributed by atoms with Crippen LogP contribution in [0.5, 0.6) is 0 Å². The van der Waals surface area contributed by atoms with Crippen molar-refractivity contribution in [3.8, 4) is 0 Å². The van der Waals surface area contributed by atoms with Gasteiger partial charge in [-0.3, -0.25) is 0 Å². The van der Waals surface area contributed by atoms with Crippen LogP contribution in [0.4, 0.5) is 0 Å². The Balaban J connectivity index is -0.0000000195. The molecule has 0 N–H and O–H groups in total. The first-order valence-corrected chi connectivity index (χ1v) is 7.95. The van der Waals surface area contributed by atoms with Gasteiger partial charge in [0.1, 0.15) is 0 Å². The van der Waals surface area contributed by atoms with Crippen molar-refractivity contribution in [3.05, 3.63) is 0 Å². The van der Waals surface area contributed by atoms with E-state index in [0.29, 0.717) is 0 Å². The molecule has 0 fully saturated rings. The average Bonchev–Trinajstić information content (AvgIpc) is 2.35. The minimum absolute atomic E-state index is 0. The highest BCUT2D eigenvalue weighted by atomic mass is 13.9. The van der Waals surface area contributed by atoms with Gasteiger partial charge in [0.05, 0.1) is 0 Å². The molecule has 0 spiro atoms. The lowest BCUT2D eigenvalue weighted by atomic mass is 10.2. The lowest BCUT2D eigenvalue weighted by Gasteiger charge is -1.90. The van der Waals surface area contributed by atoms with Gasteiger partial charge in [-0.1, -0.05) is 117 Å². The smallest absolute Gasteiger partial charge is 0.0474 e. The molecule has 0 aliphatic carbocycles. The van der Waals surface area contributed by atoms with E-state index in [9.17, 15) is 0 Å². The zero-order valence-electron chi connectivity index (χ0n) is 15.3. The predicted molar refractivity (Wildman–Crippen MR) is 102 cm³/mol. The van der Waals surface area contributed by atoms with E-state index in [4.69, 9.17) is 0 Å². The summed E-state index contributed by atoms with van der Waals surface area (Å²) in [6.45, 7) is 25.5. The van der Waals surface area contributed by atoms with Gasteiger partial charge >= 0.3 is 0 Å². The van der Waals surface area contributed by atoms with Gasteiger partial charge in [0.25, 0.3) is 0 Å². The fourth-order valence-electron chi connectivity index (χ4n) is 0. The summed E-state index contributed by atoms with van der Waals surface area (Å²) in [6, 6.07) is 0. The molecule has 0 heterocycles. The van der Waals surface area contributed by atoms with Crippen LogP contribution in [0.3, 0.4) is 0 Å². The molecule has 0 aromatic carbocycles. The second-order valence-electron chi connectivity index (χ2n) is 4.31. The van der Waals surface area contributed by atoms with E-state index < -0.39 is 0 Å². The first kappa shape index (κ1) is 42.8. The first-order valence-electron chi connectivity index (χ1n) is 7.95. The lowest BCUT2D eigenvalue weighted by molar-refractivity contribution is 0.626. The van der Waals surface area contributed by atoms with Crippen LogP contribution >= 0.6 is 0 Å². The molecule has 128 valence electrons. The third kappa shape index (κ3) is 288. The fourth-order valence-corrected chi connectivity index (χ4v) is 0. The van der Waals surface area contributed by atoms with Crippen LogP contribution in [0.2, 0.25) is 0 Å². The first-order chi connectivity index (χ1) is 7.95. The van der Waals surface area contributed by atoms with Crippen molar-refractivity contribution < 1.29 is 0 Å². The molecule has 0 aromatic heterocycles. The monoisotopic (exact) mass is 280 g/mol. The van der Waals surface area contributed by atoms with Crippen LogP contribution in [0.1, 0.15) is 117 Å². The molecule has 0 aromatic rings. The Hall–Kier alpha value is 0. The predicted octanol–water partition coefficient (Wildman–Crippen LogP) is 8.85. The van der Waals surface area contributed by atoms with Crippen LogP contribution in [0.25, 0.3) is 0 Å². The van der Waals surface area contributed by atoms with Gasteiger partial charge in [0.15, 0.2) is 0 Å². The van der Waals surface area contributed by atoms with Gasteiger partial charge in [-0.05, 0) is 11.8 Å². The lowest BCUT2D eigenvalue weighted by Crippen LogP contribution is -1.77. The maximum atomic E-state index is 2.22. The van der Waals surface area contributed by atoms with Crippen molar-refractivity contribution in [2.45, 2.75) is 117 Å². The molecular formula is C19H52. The van der Waals surface area contributed by atoms with Crippen LogP contribution < -0.4 is 0 Å². The van der Waals surface area contributed by atoms with Crippen molar-refractivity contribution in [3.63, 3.8) is 0 Å². The second kappa shape index (κ2) is 64.2. The Morgan fingerprint density at radius 2 is 0.579 bits per heavy atom. The molecule has 0 bridgehead atoms. The van der Waals surface area contributed by atoms with E-state index in [-0.39, 0.29) is 14.9 Å². The normalized spacial score (nSPS) is 6.63. The van der Waals surface area contributed by atoms with Crippen molar-refractivity contribution >= 4 is 0 Å². The summed E-state index contributed by atoms with van der Waals surface area (Å²) in [6.07, 6.45) is 3.86. The molecule has 0 unspecified atom stereocenters. The molecule has 19 heavy (non-hydrogen) atoms. The van der Waals surface area contributed by atoms with Crippen molar-refractivity contribution in [1.82, 2.24) is 0 Å². The number of hydrogen-bond donors (Lipinski definition) is 0. The van der Waals surface area contributed by atoms with Crippen LogP contribution in [0.15, 0.2) is 0 Å². The van der Waals surface area contributed by atoms with Gasteiger partial charge in [-0.2, -0.15) is 0 Å². The van der Waals surface area contributed by atoms with Crippen molar-refractivity contribution in [2.24, 2.45) is 11.8 Å². The second-order valence-corrected chi connectivity index (χ2v) is 4.31. The standard InChI is InChI=1S/2C5H12.C3H8.2C2H6.2CH4/c2*1-4-5(2)3;1-3-2;2*1-2;;/h2*5H,4H2,1-3H3;3H2,1-2H3;2*1-2H3;2*1H4. The average molecular weight is 281 g/mol. The van der Waals surface area contributed by atoms with E-state index in [2.05, 4.69) is 55.4 Å². The highest BCUT2D eigenvalue weighted by Crippen LogP contribution is 1.94. The zero-order valence-corrected chi connectivity index (χ0v) is 15.3. The van der Waals surface area contributed by atoms with Crippen LogP contribution in [-0.2, 0) is 0 Å². The highest BCUT2D eigenvalue weighted by molar-refractivity contribution is 4.33. The van der Waals surface area contributed by atoms with Gasteiger partial charge in [0.2, 0.25) is 0 Å². The minimum Gasteiger partial charge on any atom is -0.0776 e. The summed E-state index contributed by atoms with van der Waals surface area (Å²) >= 11 is 0. The SMILES string of the molecule is C.C.CC.CC.CCC.CCC(C)C.CCC(C)C. The van der Waals surface area contributed by atoms with E-state index in [1.54, 1.807) is 0 Å². The topological polar surface area (TPSA) is 0 Å². The van der Waals surface area contributed by atoms with Gasteiger partial charge in [-0.25, -0.2) is 0 Å². The summed E-state index contributed by atoms with van der Waals surface area (Å²) in [4.78, 5) is 0. The van der Waals surface area contributed by atoms with Gasteiger partial charge in [-0.15, -0.1) is 0 Å². The summed E-state index contributed by atoms with van der Waals surface area (Å²) in [5, 5.41) is 0. The zero-order chi connectivity index (χ0) is 15.3. The minimum atomic E-state index is 0. The van der Waals surface area contributed by atoms with Gasteiger partial charge in [0, 0.05) is 0 Å². The molecular weight excluding hydrogens is 228 g/mol. The molecule has 0 heteroatoms. The summed E-state index contributed by atoms with van der Waals surface area (Å²) in [5.41, 5.74) is 0. The Kier molecular flexibility index (Phi) is 145. The third-order valence-corrected chi connectivity index (χ3v) is 1.63. The molecule has 0 atom stereocenters. The van der Waals surface area contributed by atoms with E-state index >= 15 is 0 Å². The number of rotatable bonds is 2. The maximum absolute atomic E-state index is 2.22. The summed E-state index contributed by atoms with van der Waals surface area (Å²) < 4.78 is 0. The molecule has 0 saturated heterocycles. The van der Waals surface area contributed by atoms with E-state index in [1.165, 1.54) is 19.3 Å². The Morgan fingerprint density at radius 1 is 0.526 bits per heavy atom.